The van der Waals surface area contributed by atoms with E-state index in [2.05, 4.69) is 41.8 Å². The molecule has 0 saturated heterocycles. The summed E-state index contributed by atoms with van der Waals surface area (Å²) in [6, 6.07) is 17.5. The maximum absolute atomic E-state index is 10.8. The second-order valence-electron chi connectivity index (χ2n) is 6.13. The summed E-state index contributed by atoms with van der Waals surface area (Å²) in [5, 5.41) is 28.0. The molecule has 0 aliphatic rings. The Balaban J connectivity index is 1.59. The summed E-state index contributed by atoms with van der Waals surface area (Å²) < 4.78 is 2.61. The number of halogens is 1. The van der Waals surface area contributed by atoms with Gasteiger partial charge in [0, 0.05) is 22.2 Å². The number of rotatable bonds is 5. The number of benzene rings is 2. The summed E-state index contributed by atoms with van der Waals surface area (Å²) in [4.78, 5) is 10.3. The van der Waals surface area contributed by atoms with Gasteiger partial charge in [0.15, 0.2) is 17.3 Å². The summed E-state index contributed by atoms with van der Waals surface area (Å²) >= 11 is 3.42. The molecule has 0 fully saturated rings. The predicted molar refractivity (Wildman–Crippen MR) is 113 cm³/mol. The molecular weight excluding hydrogens is 438 g/mol. The molecule has 1 N–H and O–H groups in total. The van der Waals surface area contributed by atoms with E-state index in [0.29, 0.717) is 23.0 Å². The average molecular weight is 452 g/mol. The monoisotopic (exact) mass is 451 g/mol. The van der Waals surface area contributed by atoms with Crippen molar-refractivity contribution in [2.75, 3.05) is 5.43 Å². The topological polar surface area (TPSA) is 111 Å². The van der Waals surface area contributed by atoms with E-state index in [9.17, 15) is 10.1 Å². The predicted octanol–water partition coefficient (Wildman–Crippen LogP) is 4.30. The van der Waals surface area contributed by atoms with Crippen LogP contribution < -0.4 is 5.43 Å². The Morgan fingerprint density at radius 1 is 1.07 bits per heavy atom. The van der Waals surface area contributed by atoms with Crippen molar-refractivity contribution in [3.05, 3.63) is 80.8 Å². The van der Waals surface area contributed by atoms with Crippen LogP contribution in [0.3, 0.4) is 0 Å². The van der Waals surface area contributed by atoms with E-state index in [-0.39, 0.29) is 5.69 Å². The van der Waals surface area contributed by atoms with Gasteiger partial charge in [0.25, 0.3) is 5.69 Å². The Bertz CT molecular complexity index is 1220. The average Bonchev–Trinajstić information content (AvgIpc) is 3.16. The van der Waals surface area contributed by atoms with E-state index in [1.165, 1.54) is 12.1 Å². The first-order valence-electron chi connectivity index (χ1n) is 8.55. The molecule has 10 heteroatoms. The van der Waals surface area contributed by atoms with Crippen LogP contribution in [0.4, 0.5) is 11.5 Å². The molecule has 0 aliphatic heterocycles. The Morgan fingerprint density at radius 3 is 2.48 bits per heavy atom. The Kier molecular flexibility index (Phi) is 5.00. The number of nitrogens with zero attached hydrogens (tertiary/aromatic N) is 6. The molecular formula is C19H14BrN7O2. The number of anilines is 1. The standard InChI is InChI=1S/C19H14BrN7O2/c1-12(13-4-8-16(9-5-13)27(28)29)21-22-17-10-11-18-23-24-19(26(18)25-17)14-2-6-15(20)7-3-14/h2-11H,1H3,(H,22,25)/b21-12+. The minimum Gasteiger partial charge on any atom is -0.260 e. The van der Waals surface area contributed by atoms with Gasteiger partial charge in [-0.2, -0.15) is 9.62 Å². The number of aromatic nitrogens is 4. The van der Waals surface area contributed by atoms with Crippen molar-refractivity contribution in [2.45, 2.75) is 6.92 Å². The fourth-order valence-electron chi connectivity index (χ4n) is 2.66. The maximum atomic E-state index is 10.8. The van der Waals surface area contributed by atoms with E-state index < -0.39 is 4.92 Å². The summed E-state index contributed by atoms with van der Waals surface area (Å²) in [5.74, 6) is 1.13. The number of hydrogen-bond donors (Lipinski definition) is 1. The Morgan fingerprint density at radius 2 is 1.79 bits per heavy atom. The second kappa shape index (κ2) is 7.76. The molecule has 0 bridgehead atoms. The van der Waals surface area contributed by atoms with Gasteiger partial charge in [0.05, 0.1) is 10.6 Å². The molecule has 4 rings (SSSR count). The third kappa shape index (κ3) is 3.97. The lowest BCUT2D eigenvalue weighted by molar-refractivity contribution is -0.384. The van der Waals surface area contributed by atoms with Gasteiger partial charge in [-0.25, -0.2) is 0 Å². The molecule has 2 heterocycles. The van der Waals surface area contributed by atoms with Crippen LogP contribution in [-0.2, 0) is 0 Å². The number of fused-ring (bicyclic) bond motifs is 1. The molecule has 29 heavy (non-hydrogen) atoms. The third-order valence-electron chi connectivity index (χ3n) is 4.20. The summed E-state index contributed by atoms with van der Waals surface area (Å²) in [6.45, 7) is 1.80. The van der Waals surface area contributed by atoms with Crippen LogP contribution in [0.25, 0.3) is 17.0 Å². The zero-order valence-electron chi connectivity index (χ0n) is 15.2. The normalized spacial score (nSPS) is 11.6. The largest absolute Gasteiger partial charge is 0.269 e. The smallest absolute Gasteiger partial charge is 0.260 e. The van der Waals surface area contributed by atoms with Crippen molar-refractivity contribution >= 4 is 38.8 Å². The highest BCUT2D eigenvalue weighted by Crippen LogP contribution is 2.21. The molecule has 0 saturated carbocycles. The molecule has 2 aromatic heterocycles. The number of nitrogens with one attached hydrogen (secondary N) is 1. The van der Waals surface area contributed by atoms with E-state index >= 15 is 0 Å². The van der Waals surface area contributed by atoms with Gasteiger partial charge in [-0.1, -0.05) is 28.1 Å². The lowest BCUT2D eigenvalue weighted by atomic mass is 10.1. The number of hydrazone groups is 1. The Labute approximate surface area is 173 Å². The first kappa shape index (κ1) is 18.7. The maximum Gasteiger partial charge on any atom is 0.269 e. The molecule has 2 aromatic carbocycles. The van der Waals surface area contributed by atoms with Gasteiger partial charge in [-0.05, 0) is 48.9 Å². The first-order chi connectivity index (χ1) is 14.0. The number of non-ortho nitro benzene ring substituents is 1. The van der Waals surface area contributed by atoms with E-state index in [1.54, 1.807) is 35.7 Å². The van der Waals surface area contributed by atoms with Crippen LogP contribution in [-0.4, -0.2) is 30.4 Å². The van der Waals surface area contributed by atoms with Gasteiger partial charge >= 0.3 is 0 Å². The molecule has 0 unspecified atom stereocenters. The minimum absolute atomic E-state index is 0.0368. The number of hydrogen-bond acceptors (Lipinski definition) is 7. The lowest BCUT2D eigenvalue weighted by Gasteiger charge is -2.05. The molecule has 0 radical (unpaired) electrons. The van der Waals surface area contributed by atoms with Crippen LogP contribution in [0.15, 0.2) is 70.2 Å². The van der Waals surface area contributed by atoms with Gasteiger partial charge < -0.3 is 0 Å². The molecule has 0 spiro atoms. The molecule has 144 valence electrons. The zero-order chi connectivity index (χ0) is 20.4. The van der Waals surface area contributed by atoms with Crippen molar-refractivity contribution in [3.63, 3.8) is 0 Å². The lowest BCUT2D eigenvalue weighted by Crippen LogP contribution is -2.03. The highest BCUT2D eigenvalue weighted by Gasteiger charge is 2.10. The fourth-order valence-corrected chi connectivity index (χ4v) is 2.92. The van der Waals surface area contributed by atoms with Crippen LogP contribution in [0, 0.1) is 10.1 Å². The third-order valence-corrected chi connectivity index (χ3v) is 4.73. The second-order valence-corrected chi connectivity index (χ2v) is 7.05. The SMILES string of the molecule is C/C(=N\Nc1ccc2nnc(-c3ccc(Br)cc3)n2n1)c1ccc([N+](=O)[O-])cc1. The molecule has 0 amide bonds. The van der Waals surface area contributed by atoms with Gasteiger partial charge in [0.2, 0.25) is 0 Å². The van der Waals surface area contributed by atoms with Crippen LogP contribution in [0.5, 0.6) is 0 Å². The van der Waals surface area contributed by atoms with Crippen LogP contribution in [0.1, 0.15) is 12.5 Å². The van der Waals surface area contributed by atoms with Crippen molar-refractivity contribution in [3.8, 4) is 11.4 Å². The summed E-state index contributed by atoms with van der Waals surface area (Å²) in [5.41, 5.74) is 5.88. The van der Waals surface area contributed by atoms with Crippen molar-refractivity contribution in [1.29, 1.82) is 0 Å². The molecule has 4 aromatic rings. The minimum atomic E-state index is -0.435. The fraction of sp³-hybridized carbons (Fsp3) is 0.0526. The van der Waals surface area contributed by atoms with Crippen molar-refractivity contribution in [1.82, 2.24) is 19.8 Å². The number of nitro groups is 1. The van der Waals surface area contributed by atoms with Crippen LogP contribution >= 0.6 is 15.9 Å². The summed E-state index contributed by atoms with van der Waals surface area (Å²) in [7, 11) is 0. The zero-order valence-corrected chi connectivity index (χ0v) is 16.7. The van der Waals surface area contributed by atoms with Crippen molar-refractivity contribution < 1.29 is 4.92 Å². The first-order valence-corrected chi connectivity index (χ1v) is 9.34. The molecule has 9 nitrogen and oxygen atoms in total. The molecule has 0 atom stereocenters. The van der Waals surface area contributed by atoms with Crippen LogP contribution in [0.2, 0.25) is 0 Å². The highest BCUT2D eigenvalue weighted by molar-refractivity contribution is 9.10. The molecule has 0 aliphatic carbocycles. The van der Waals surface area contributed by atoms with Gasteiger partial charge in [-0.3, -0.25) is 15.5 Å². The number of nitro benzene ring substituents is 1. The van der Waals surface area contributed by atoms with E-state index in [1.807, 2.05) is 24.3 Å². The van der Waals surface area contributed by atoms with E-state index in [4.69, 9.17) is 0 Å². The van der Waals surface area contributed by atoms with Gasteiger partial charge in [-0.15, -0.1) is 15.3 Å². The highest BCUT2D eigenvalue weighted by atomic mass is 79.9. The quantitative estimate of drug-likeness (QED) is 0.275. The van der Waals surface area contributed by atoms with Crippen molar-refractivity contribution in [2.24, 2.45) is 5.10 Å². The van der Waals surface area contributed by atoms with Gasteiger partial charge in [0.1, 0.15) is 0 Å². The van der Waals surface area contributed by atoms with E-state index in [0.717, 1.165) is 15.6 Å². The summed E-state index contributed by atoms with van der Waals surface area (Å²) in [6.07, 6.45) is 0. The Hall–Kier alpha value is -3.66.